The van der Waals surface area contributed by atoms with Crippen molar-refractivity contribution in [2.24, 2.45) is 22.2 Å². The number of rotatable bonds is 0. The maximum atomic E-state index is 12.2. The summed E-state index contributed by atoms with van der Waals surface area (Å²) in [4.78, 5) is 24.0. The molecule has 1 aliphatic heterocycles. The number of allylic oxidation sites excluding steroid dienone is 1. The van der Waals surface area contributed by atoms with Crippen molar-refractivity contribution in [3.05, 3.63) is 24.3 Å². The highest BCUT2D eigenvalue weighted by Gasteiger charge is 2.90. The molecule has 0 amide bonds. The van der Waals surface area contributed by atoms with Gasteiger partial charge in [-0.25, -0.2) is 4.79 Å². The van der Waals surface area contributed by atoms with Crippen molar-refractivity contribution in [1.82, 2.24) is 0 Å². The molecule has 2 unspecified atom stereocenters. The van der Waals surface area contributed by atoms with E-state index in [1.54, 1.807) is 6.08 Å². The smallest absolute Gasteiger partial charge is 0.334 e. The van der Waals surface area contributed by atoms with E-state index in [-0.39, 0.29) is 40.0 Å². The van der Waals surface area contributed by atoms with Gasteiger partial charge in [0.2, 0.25) is 0 Å². The monoisotopic (exact) mass is 244 g/mol. The second kappa shape index (κ2) is 2.49. The molecule has 0 aromatic carbocycles. The average Bonchev–Trinajstić information content (AvgIpc) is 2.56. The minimum Gasteiger partial charge on any atom is -0.457 e. The Kier molecular flexibility index (Phi) is 1.46. The van der Waals surface area contributed by atoms with Gasteiger partial charge in [-0.15, -0.1) is 0 Å². The minimum atomic E-state index is -0.371. The molecule has 3 aliphatic carbocycles. The van der Waals surface area contributed by atoms with E-state index < -0.39 is 0 Å². The SMILES string of the molecule is C=C1C(=O)O[C@H]2[C@H]1CC[C@]1(C)C3(C)C(=O)C=CC231. The maximum Gasteiger partial charge on any atom is 0.334 e. The number of fused-ring (bicyclic) bond motifs is 2. The van der Waals surface area contributed by atoms with Gasteiger partial charge in [0, 0.05) is 22.3 Å². The molecular formula is C15H16O3. The second-order valence-electron chi connectivity index (χ2n) is 6.52. The number of carbonyl (C=O) groups is 2. The largest absolute Gasteiger partial charge is 0.457 e. The maximum absolute atomic E-state index is 12.2. The van der Waals surface area contributed by atoms with Crippen LogP contribution >= 0.6 is 0 Å². The first-order valence-electron chi connectivity index (χ1n) is 6.53. The summed E-state index contributed by atoms with van der Waals surface area (Å²) in [6.07, 6.45) is 5.39. The molecule has 1 spiro atoms. The van der Waals surface area contributed by atoms with Crippen molar-refractivity contribution in [3.8, 4) is 0 Å². The van der Waals surface area contributed by atoms with Gasteiger partial charge >= 0.3 is 5.97 Å². The van der Waals surface area contributed by atoms with Crippen LogP contribution in [0, 0.1) is 22.2 Å². The summed E-state index contributed by atoms with van der Waals surface area (Å²) in [7, 11) is 0. The molecule has 3 fully saturated rings. The van der Waals surface area contributed by atoms with E-state index in [1.807, 2.05) is 13.0 Å². The highest BCUT2D eigenvalue weighted by atomic mass is 16.6. The number of ketones is 1. The molecule has 3 nitrogen and oxygen atoms in total. The summed E-state index contributed by atoms with van der Waals surface area (Å²) in [6.45, 7) is 8.06. The number of ether oxygens (including phenoxy) is 1. The summed E-state index contributed by atoms with van der Waals surface area (Å²) < 4.78 is 5.57. The minimum absolute atomic E-state index is 0.0437. The van der Waals surface area contributed by atoms with Crippen LogP contribution in [0.25, 0.3) is 0 Å². The molecule has 1 heterocycles. The number of carbonyl (C=O) groups excluding carboxylic acids is 2. The van der Waals surface area contributed by atoms with E-state index in [0.29, 0.717) is 5.57 Å². The van der Waals surface area contributed by atoms with Crippen molar-refractivity contribution in [1.29, 1.82) is 0 Å². The fourth-order valence-electron chi connectivity index (χ4n) is 5.19. The molecule has 1 saturated heterocycles. The Labute approximate surface area is 106 Å². The van der Waals surface area contributed by atoms with Gasteiger partial charge in [0.15, 0.2) is 5.78 Å². The van der Waals surface area contributed by atoms with Crippen LogP contribution in [-0.4, -0.2) is 17.9 Å². The summed E-state index contributed by atoms with van der Waals surface area (Å²) >= 11 is 0. The first kappa shape index (κ1) is 10.5. The lowest BCUT2D eigenvalue weighted by molar-refractivity contribution is -0.143. The van der Waals surface area contributed by atoms with Crippen molar-refractivity contribution in [2.45, 2.75) is 32.8 Å². The Balaban J connectivity index is 1.90. The van der Waals surface area contributed by atoms with E-state index in [2.05, 4.69) is 13.5 Å². The highest BCUT2D eigenvalue weighted by molar-refractivity contribution is 6.04. The predicted octanol–water partition coefficient (Wildman–Crippen LogP) is 2.03. The molecule has 3 heteroatoms. The Morgan fingerprint density at radius 1 is 1.39 bits per heavy atom. The summed E-state index contributed by atoms with van der Waals surface area (Å²) in [5, 5.41) is 0. The molecule has 0 N–H and O–H groups in total. The van der Waals surface area contributed by atoms with Crippen molar-refractivity contribution >= 4 is 11.8 Å². The Hall–Kier alpha value is -1.38. The molecule has 94 valence electrons. The van der Waals surface area contributed by atoms with Gasteiger partial charge in [0.05, 0.1) is 0 Å². The summed E-state index contributed by atoms with van der Waals surface area (Å²) in [5.74, 6) is 0.0211. The van der Waals surface area contributed by atoms with E-state index in [1.165, 1.54) is 0 Å². The Morgan fingerprint density at radius 3 is 2.83 bits per heavy atom. The molecule has 0 aromatic heterocycles. The predicted molar refractivity (Wildman–Crippen MR) is 64.5 cm³/mol. The molecule has 2 saturated carbocycles. The van der Waals surface area contributed by atoms with Crippen LogP contribution in [-0.2, 0) is 14.3 Å². The molecule has 0 radical (unpaired) electrons. The third-order valence-electron chi connectivity index (χ3n) is 6.49. The lowest BCUT2D eigenvalue weighted by Crippen LogP contribution is -2.35. The normalized spacial score (nSPS) is 56.0. The first-order chi connectivity index (χ1) is 8.40. The fraction of sp³-hybridized carbons (Fsp3) is 0.600. The lowest BCUT2D eigenvalue weighted by atomic mass is 9.71. The Bertz CT molecular complexity index is 560. The molecular weight excluding hydrogens is 228 g/mol. The zero-order valence-electron chi connectivity index (χ0n) is 10.7. The first-order valence-corrected chi connectivity index (χ1v) is 6.53. The topological polar surface area (TPSA) is 43.4 Å². The van der Waals surface area contributed by atoms with Gasteiger partial charge in [-0.2, -0.15) is 0 Å². The van der Waals surface area contributed by atoms with Crippen molar-refractivity contribution in [3.63, 3.8) is 0 Å². The van der Waals surface area contributed by atoms with Gasteiger partial charge in [-0.1, -0.05) is 26.5 Å². The van der Waals surface area contributed by atoms with Gasteiger partial charge in [-0.05, 0) is 24.3 Å². The highest BCUT2D eigenvalue weighted by Crippen LogP contribution is 2.87. The van der Waals surface area contributed by atoms with Crippen LogP contribution in [0.3, 0.4) is 0 Å². The van der Waals surface area contributed by atoms with E-state index >= 15 is 0 Å². The molecule has 4 aliphatic rings. The van der Waals surface area contributed by atoms with E-state index in [9.17, 15) is 9.59 Å². The third kappa shape index (κ3) is 0.670. The van der Waals surface area contributed by atoms with Gasteiger partial charge in [-0.3, -0.25) is 4.79 Å². The Morgan fingerprint density at radius 2 is 2.11 bits per heavy atom. The molecule has 0 aromatic rings. The number of hydrogen-bond donors (Lipinski definition) is 0. The van der Waals surface area contributed by atoms with Gasteiger partial charge in [0.25, 0.3) is 0 Å². The zero-order valence-corrected chi connectivity index (χ0v) is 10.7. The average molecular weight is 244 g/mol. The van der Waals surface area contributed by atoms with Crippen LogP contribution in [0.4, 0.5) is 0 Å². The summed E-state index contributed by atoms with van der Waals surface area (Å²) in [5.41, 5.74) is -0.0875. The van der Waals surface area contributed by atoms with Crippen LogP contribution in [0.2, 0.25) is 0 Å². The van der Waals surface area contributed by atoms with Gasteiger partial charge < -0.3 is 4.74 Å². The van der Waals surface area contributed by atoms with E-state index in [0.717, 1.165) is 12.8 Å². The van der Waals surface area contributed by atoms with Crippen molar-refractivity contribution in [2.75, 3.05) is 0 Å². The standard InChI is InChI=1S/C15H16O3/c1-8-9-4-6-13(2)14(3)10(16)5-7-15(13,14)11(9)18-12(8)17/h5,7,9,11H,1,4,6H2,2-3H3/t9-,11-,13+,14?,15?/m0/s1. The number of esters is 1. The van der Waals surface area contributed by atoms with Crippen LogP contribution < -0.4 is 0 Å². The van der Waals surface area contributed by atoms with E-state index in [4.69, 9.17) is 4.74 Å². The molecule has 5 atom stereocenters. The fourth-order valence-corrected chi connectivity index (χ4v) is 5.19. The van der Waals surface area contributed by atoms with Gasteiger partial charge in [0.1, 0.15) is 6.10 Å². The quantitative estimate of drug-likeness (QED) is 0.483. The van der Waals surface area contributed by atoms with Crippen LogP contribution in [0.5, 0.6) is 0 Å². The van der Waals surface area contributed by atoms with Crippen LogP contribution in [0.15, 0.2) is 24.3 Å². The van der Waals surface area contributed by atoms with Crippen molar-refractivity contribution < 1.29 is 14.3 Å². The van der Waals surface area contributed by atoms with Crippen LogP contribution in [0.1, 0.15) is 26.7 Å². The third-order valence-corrected chi connectivity index (χ3v) is 6.49. The molecule has 0 bridgehead atoms. The second-order valence-corrected chi connectivity index (χ2v) is 6.52. The molecule has 18 heavy (non-hydrogen) atoms. The zero-order chi connectivity index (χ0) is 12.9. The lowest BCUT2D eigenvalue weighted by Gasteiger charge is -2.33. The number of hydrogen-bond acceptors (Lipinski definition) is 3. The molecule has 4 rings (SSSR count). The summed E-state index contributed by atoms with van der Waals surface area (Å²) in [6, 6.07) is 0.